The normalized spacial score (nSPS) is 10.5. The summed E-state index contributed by atoms with van der Waals surface area (Å²) in [6, 6.07) is 0. The predicted octanol–water partition coefficient (Wildman–Crippen LogP) is 0.943. The lowest BCUT2D eigenvalue weighted by Crippen LogP contribution is -1.87. The van der Waals surface area contributed by atoms with Gasteiger partial charge in [-0.25, -0.2) is 9.68 Å². The first-order valence-corrected chi connectivity index (χ1v) is 2.84. The summed E-state index contributed by atoms with van der Waals surface area (Å²) < 4.78 is 12.9. The van der Waals surface area contributed by atoms with Gasteiger partial charge in [-0.3, -0.25) is 0 Å². The van der Waals surface area contributed by atoms with Gasteiger partial charge in [0.05, 0.1) is 0 Å². The Morgan fingerprint density at radius 2 is 2.25 bits per heavy atom. The molecule has 0 aromatic rings. The summed E-state index contributed by atoms with van der Waals surface area (Å²) in [6.45, 7) is 0. The summed E-state index contributed by atoms with van der Waals surface area (Å²) in [4.78, 5) is 20.7. The largest absolute Gasteiger partial charge is 0.736 e. The lowest BCUT2D eigenvalue weighted by atomic mass is 11.6. The average molecular weight is 159 g/mol. The third-order valence-electron chi connectivity index (χ3n) is 0.167. The van der Waals surface area contributed by atoms with Crippen LogP contribution < -0.4 is 0 Å². The first kappa shape index (κ1) is 7.78. The SMILES string of the molecule is O=C(Cl)OO[P+](=O)O. The smallest absolute Gasteiger partial charge is 0.233 e. The molecule has 0 heterocycles. The van der Waals surface area contributed by atoms with Gasteiger partial charge in [0.2, 0.25) is 0 Å². The van der Waals surface area contributed by atoms with E-state index in [9.17, 15) is 9.36 Å². The van der Waals surface area contributed by atoms with Crippen molar-refractivity contribution in [1.29, 1.82) is 0 Å². The summed E-state index contributed by atoms with van der Waals surface area (Å²) in [5.74, 6) is 0. The van der Waals surface area contributed by atoms with Gasteiger partial charge in [0, 0.05) is 16.2 Å². The van der Waals surface area contributed by atoms with Gasteiger partial charge in [-0.05, 0) is 0 Å². The molecule has 0 radical (unpaired) electrons. The Kier molecular flexibility index (Phi) is 3.64. The molecule has 5 nitrogen and oxygen atoms in total. The molecule has 0 rings (SSSR count). The second-order valence-corrected chi connectivity index (χ2v) is 1.57. The van der Waals surface area contributed by atoms with E-state index in [0.29, 0.717) is 0 Å². The van der Waals surface area contributed by atoms with Crippen LogP contribution >= 0.6 is 19.9 Å². The van der Waals surface area contributed by atoms with Crippen molar-refractivity contribution in [1.82, 2.24) is 0 Å². The van der Waals surface area contributed by atoms with E-state index in [-0.39, 0.29) is 0 Å². The molecule has 8 heavy (non-hydrogen) atoms. The molecule has 0 aromatic carbocycles. The minimum Gasteiger partial charge on any atom is -0.233 e. The highest BCUT2D eigenvalue weighted by Crippen LogP contribution is 2.14. The average Bonchev–Trinajstić information content (AvgIpc) is 1.61. The maximum absolute atomic E-state index is 9.53. The predicted molar refractivity (Wildman–Crippen MR) is 23.2 cm³/mol. The number of carbonyl (C=O) groups is 1. The molecule has 1 unspecified atom stereocenters. The molecule has 0 aliphatic heterocycles. The van der Waals surface area contributed by atoms with Crippen LogP contribution in [0.1, 0.15) is 0 Å². The fourth-order valence-corrected chi connectivity index (χ4v) is 0.268. The van der Waals surface area contributed by atoms with Crippen molar-refractivity contribution < 1.29 is 23.8 Å². The maximum Gasteiger partial charge on any atom is 0.736 e. The Labute approximate surface area is 50.0 Å². The van der Waals surface area contributed by atoms with E-state index < -0.39 is 13.7 Å². The fraction of sp³-hybridized carbons (Fsp3) is 0. The quantitative estimate of drug-likeness (QED) is 0.281. The molecule has 0 fully saturated rings. The van der Waals surface area contributed by atoms with Crippen LogP contribution in [0.15, 0.2) is 0 Å². The maximum atomic E-state index is 9.53. The lowest BCUT2D eigenvalue weighted by molar-refractivity contribution is -0.132. The van der Waals surface area contributed by atoms with E-state index in [1.54, 1.807) is 0 Å². The van der Waals surface area contributed by atoms with Gasteiger partial charge in [0.1, 0.15) is 4.67 Å². The first-order chi connectivity index (χ1) is 3.63. The Morgan fingerprint density at radius 3 is 2.38 bits per heavy atom. The second kappa shape index (κ2) is 3.74. The van der Waals surface area contributed by atoms with Crippen molar-refractivity contribution >= 4 is 25.3 Å². The molecular weight excluding hydrogens is 158 g/mol. The Morgan fingerprint density at radius 1 is 1.75 bits per heavy atom. The molecule has 0 bridgehead atoms. The van der Waals surface area contributed by atoms with Crippen LogP contribution in [0.4, 0.5) is 4.79 Å². The first-order valence-electron chi connectivity index (χ1n) is 1.33. The molecule has 0 spiro atoms. The molecular formula is CHClO5P+. The molecule has 1 atom stereocenters. The molecule has 0 aromatic heterocycles. The van der Waals surface area contributed by atoms with Crippen molar-refractivity contribution in [3.05, 3.63) is 0 Å². The molecule has 7 heteroatoms. The van der Waals surface area contributed by atoms with Crippen molar-refractivity contribution in [2.75, 3.05) is 0 Å². The van der Waals surface area contributed by atoms with Crippen LogP contribution in [-0.4, -0.2) is 10.3 Å². The Balaban J connectivity index is 3.18. The highest BCUT2D eigenvalue weighted by atomic mass is 35.5. The molecule has 46 valence electrons. The van der Waals surface area contributed by atoms with Gasteiger partial charge < -0.3 is 0 Å². The lowest BCUT2D eigenvalue weighted by Gasteiger charge is -1.77. The molecule has 0 aliphatic carbocycles. The van der Waals surface area contributed by atoms with E-state index >= 15 is 0 Å². The Hall–Kier alpha value is -0.220. The summed E-state index contributed by atoms with van der Waals surface area (Å²) in [7, 11) is -2.91. The van der Waals surface area contributed by atoms with Gasteiger partial charge in [0.25, 0.3) is 0 Å². The Bertz CT molecular complexity index is 97.0. The monoisotopic (exact) mass is 159 g/mol. The third-order valence-corrected chi connectivity index (χ3v) is 0.432. The van der Waals surface area contributed by atoms with Crippen molar-refractivity contribution in [2.45, 2.75) is 0 Å². The highest BCUT2D eigenvalue weighted by molar-refractivity contribution is 7.32. The van der Waals surface area contributed by atoms with Crippen LogP contribution in [-0.2, 0) is 14.1 Å². The van der Waals surface area contributed by atoms with Crippen molar-refractivity contribution in [3.63, 3.8) is 0 Å². The van der Waals surface area contributed by atoms with E-state index in [0.717, 1.165) is 0 Å². The van der Waals surface area contributed by atoms with Gasteiger partial charge in [-0.15, -0.1) is 4.89 Å². The zero-order valence-electron chi connectivity index (χ0n) is 3.41. The van der Waals surface area contributed by atoms with E-state index in [2.05, 4.69) is 21.2 Å². The van der Waals surface area contributed by atoms with Gasteiger partial charge in [-0.2, -0.15) is 0 Å². The number of halogens is 1. The van der Waals surface area contributed by atoms with Crippen LogP contribution in [0, 0.1) is 0 Å². The van der Waals surface area contributed by atoms with Crippen LogP contribution in [0.3, 0.4) is 0 Å². The zero-order chi connectivity index (χ0) is 6.57. The van der Waals surface area contributed by atoms with Crippen molar-refractivity contribution in [3.8, 4) is 0 Å². The minimum atomic E-state index is -2.91. The van der Waals surface area contributed by atoms with Crippen LogP contribution in [0.2, 0.25) is 0 Å². The molecule has 0 saturated heterocycles. The summed E-state index contributed by atoms with van der Waals surface area (Å²) in [5.41, 5.74) is -1.29. The third kappa shape index (κ3) is 5.78. The van der Waals surface area contributed by atoms with Crippen LogP contribution in [0.25, 0.3) is 0 Å². The minimum absolute atomic E-state index is 1.29. The molecule has 1 N–H and O–H groups in total. The number of hydrogen-bond acceptors (Lipinski definition) is 4. The highest BCUT2D eigenvalue weighted by Gasteiger charge is 2.16. The molecule has 0 amide bonds. The fourth-order valence-electron chi connectivity index (χ4n) is 0.0612. The zero-order valence-corrected chi connectivity index (χ0v) is 5.06. The van der Waals surface area contributed by atoms with Gasteiger partial charge in [-0.1, -0.05) is 0 Å². The topological polar surface area (TPSA) is 72.8 Å². The van der Waals surface area contributed by atoms with Gasteiger partial charge >= 0.3 is 13.7 Å². The summed E-state index contributed by atoms with van der Waals surface area (Å²) in [6.07, 6.45) is 0. The van der Waals surface area contributed by atoms with Crippen LogP contribution in [0.5, 0.6) is 0 Å². The molecule has 0 saturated carbocycles. The van der Waals surface area contributed by atoms with E-state index in [4.69, 9.17) is 4.89 Å². The van der Waals surface area contributed by atoms with E-state index in [1.807, 2.05) is 0 Å². The number of carbonyl (C=O) groups excluding carboxylic acids is 1. The number of hydrogen-bond donors (Lipinski definition) is 1. The molecule has 0 aliphatic rings. The van der Waals surface area contributed by atoms with Crippen molar-refractivity contribution in [2.24, 2.45) is 0 Å². The standard InChI is InChI=1S/CClO5P/c2-1(3)6-7-8(4)5/p+1. The van der Waals surface area contributed by atoms with E-state index in [1.165, 1.54) is 0 Å². The number of rotatable bonds is 2. The second-order valence-electron chi connectivity index (χ2n) is 0.633. The van der Waals surface area contributed by atoms with Gasteiger partial charge in [0.15, 0.2) is 0 Å². The summed E-state index contributed by atoms with van der Waals surface area (Å²) >= 11 is 4.50. The summed E-state index contributed by atoms with van der Waals surface area (Å²) in [5, 5.41) is 0.